The molecule has 1 aliphatic rings. The van der Waals surface area contributed by atoms with E-state index in [1.165, 1.54) is 4.90 Å². The lowest BCUT2D eigenvalue weighted by Crippen LogP contribution is -2.52. The molecule has 1 heterocycles. The number of nitrogens with zero attached hydrogens (tertiary/aromatic N) is 2. The van der Waals surface area contributed by atoms with Crippen molar-refractivity contribution >= 4 is 11.6 Å². The Bertz CT molecular complexity index is 562. The maximum atomic E-state index is 12.5. The Hall–Kier alpha value is -2.19. The molecule has 0 spiro atoms. The van der Waals surface area contributed by atoms with Crippen molar-refractivity contribution in [1.82, 2.24) is 4.90 Å². The molecular weight excluding hydrogens is 280 g/mol. The first-order chi connectivity index (χ1) is 9.93. The number of phenolic OH excluding ortho intramolecular Hbond substituents is 1. The maximum Gasteiger partial charge on any atom is 0.282 e. The molecule has 1 aromatic rings. The van der Waals surface area contributed by atoms with Crippen LogP contribution >= 0.6 is 0 Å². The first-order valence-electron chi connectivity index (χ1n) is 6.45. The van der Waals surface area contributed by atoms with Crippen LogP contribution in [0.25, 0.3) is 0 Å². The molecule has 1 fully saturated rings. The lowest BCUT2D eigenvalue weighted by atomic mass is 10.1. The van der Waals surface area contributed by atoms with Crippen molar-refractivity contribution in [2.75, 3.05) is 19.8 Å². The highest BCUT2D eigenvalue weighted by atomic mass is 16.6. The predicted octanol–water partition coefficient (Wildman–Crippen LogP) is 0.522. The van der Waals surface area contributed by atoms with Crippen LogP contribution in [0.4, 0.5) is 5.69 Å². The molecule has 0 saturated carbocycles. The van der Waals surface area contributed by atoms with Crippen LogP contribution in [0.15, 0.2) is 18.2 Å². The fourth-order valence-electron chi connectivity index (χ4n) is 2.22. The minimum Gasteiger partial charge on any atom is -0.508 e. The molecule has 2 atom stereocenters. The van der Waals surface area contributed by atoms with E-state index >= 15 is 0 Å². The Balaban J connectivity index is 2.34. The van der Waals surface area contributed by atoms with Crippen LogP contribution in [-0.2, 0) is 4.74 Å². The molecule has 1 saturated heterocycles. The SMILES string of the molecule is CC1COC(CO)CN1C(=O)c1cc(O)ccc1[N+](=O)[O-]. The van der Waals surface area contributed by atoms with Gasteiger partial charge in [-0.25, -0.2) is 0 Å². The summed E-state index contributed by atoms with van der Waals surface area (Å²) in [4.78, 5) is 24.3. The lowest BCUT2D eigenvalue weighted by molar-refractivity contribution is -0.385. The molecule has 0 aliphatic carbocycles. The molecule has 2 unspecified atom stereocenters. The predicted molar refractivity (Wildman–Crippen MR) is 72.1 cm³/mol. The fraction of sp³-hybridized carbons (Fsp3) is 0.462. The highest BCUT2D eigenvalue weighted by molar-refractivity contribution is 5.98. The zero-order chi connectivity index (χ0) is 15.6. The molecule has 0 aromatic heterocycles. The number of aliphatic hydroxyl groups excluding tert-OH is 1. The van der Waals surface area contributed by atoms with Crippen molar-refractivity contribution in [2.45, 2.75) is 19.1 Å². The standard InChI is InChI=1S/C13H16N2O6/c1-8-7-21-10(6-16)5-14(8)13(18)11-4-9(17)2-3-12(11)15(19)20/h2-4,8,10,16-17H,5-7H2,1H3. The van der Waals surface area contributed by atoms with E-state index < -0.39 is 16.9 Å². The summed E-state index contributed by atoms with van der Waals surface area (Å²) in [6.07, 6.45) is -0.512. The number of hydrogen-bond acceptors (Lipinski definition) is 6. The van der Waals surface area contributed by atoms with Crippen LogP contribution in [0.1, 0.15) is 17.3 Å². The Morgan fingerprint density at radius 2 is 2.29 bits per heavy atom. The van der Waals surface area contributed by atoms with Gasteiger partial charge in [0.1, 0.15) is 11.3 Å². The summed E-state index contributed by atoms with van der Waals surface area (Å²) >= 11 is 0. The first kappa shape index (κ1) is 15.2. The molecular formula is C13H16N2O6. The number of ether oxygens (including phenoxy) is 1. The van der Waals surface area contributed by atoms with E-state index in [1.807, 2.05) is 0 Å². The molecule has 1 aromatic carbocycles. The second kappa shape index (κ2) is 6.06. The number of carbonyl (C=O) groups excluding carboxylic acids is 1. The summed E-state index contributed by atoms with van der Waals surface area (Å²) in [6, 6.07) is 3.06. The van der Waals surface area contributed by atoms with Crippen LogP contribution in [0.3, 0.4) is 0 Å². The summed E-state index contributed by atoms with van der Waals surface area (Å²) in [5.41, 5.74) is -0.539. The van der Waals surface area contributed by atoms with Gasteiger partial charge >= 0.3 is 0 Å². The van der Waals surface area contributed by atoms with E-state index in [1.54, 1.807) is 6.92 Å². The molecule has 1 amide bonds. The summed E-state index contributed by atoms with van der Waals surface area (Å²) in [5.74, 6) is -0.782. The van der Waals surface area contributed by atoms with Crippen molar-refractivity contribution in [3.63, 3.8) is 0 Å². The Morgan fingerprint density at radius 1 is 1.57 bits per heavy atom. The summed E-state index contributed by atoms with van der Waals surface area (Å²) in [6.45, 7) is 1.89. The van der Waals surface area contributed by atoms with E-state index in [9.17, 15) is 20.0 Å². The van der Waals surface area contributed by atoms with Gasteiger partial charge in [-0.15, -0.1) is 0 Å². The number of phenols is 1. The first-order valence-corrected chi connectivity index (χ1v) is 6.45. The van der Waals surface area contributed by atoms with Crippen molar-refractivity contribution in [3.05, 3.63) is 33.9 Å². The number of carbonyl (C=O) groups is 1. The van der Waals surface area contributed by atoms with Gasteiger partial charge in [0, 0.05) is 12.6 Å². The molecule has 1 aliphatic heterocycles. The number of amides is 1. The second-order valence-electron chi connectivity index (χ2n) is 4.90. The molecule has 0 bridgehead atoms. The number of nitro groups is 1. The van der Waals surface area contributed by atoms with Gasteiger partial charge < -0.3 is 19.8 Å². The molecule has 0 radical (unpaired) electrons. The van der Waals surface area contributed by atoms with Gasteiger partial charge in [0.25, 0.3) is 11.6 Å². The summed E-state index contributed by atoms with van der Waals surface area (Å²) < 4.78 is 5.33. The van der Waals surface area contributed by atoms with Gasteiger partial charge in [0.2, 0.25) is 0 Å². The minimum absolute atomic E-state index is 0.142. The van der Waals surface area contributed by atoms with Gasteiger partial charge in [-0.3, -0.25) is 14.9 Å². The average molecular weight is 296 g/mol. The third kappa shape index (κ3) is 3.11. The zero-order valence-electron chi connectivity index (χ0n) is 11.4. The van der Waals surface area contributed by atoms with Gasteiger partial charge in [-0.2, -0.15) is 0 Å². The highest BCUT2D eigenvalue weighted by Gasteiger charge is 2.33. The van der Waals surface area contributed by atoms with Crippen molar-refractivity contribution in [2.24, 2.45) is 0 Å². The number of aromatic hydroxyl groups is 1. The number of morpholine rings is 1. The second-order valence-corrected chi connectivity index (χ2v) is 4.90. The minimum atomic E-state index is -0.665. The van der Waals surface area contributed by atoms with Crippen LogP contribution in [0.5, 0.6) is 5.75 Å². The quantitative estimate of drug-likeness (QED) is 0.621. The number of aliphatic hydroxyl groups is 1. The number of hydrogen-bond donors (Lipinski definition) is 2. The maximum absolute atomic E-state index is 12.5. The monoisotopic (exact) mass is 296 g/mol. The van der Waals surface area contributed by atoms with Gasteiger partial charge in [-0.1, -0.05) is 0 Å². The smallest absolute Gasteiger partial charge is 0.282 e. The Morgan fingerprint density at radius 3 is 2.90 bits per heavy atom. The molecule has 8 heteroatoms. The third-order valence-electron chi connectivity index (χ3n) is 3.38. The van der Waals surface area contributed by atoms with Crippen molar-refractivity contribution < 1.29 is 24.7 Å². The van der Waals surface area contributed by atoms with E-state index in [0.717, 1.165) is 18.2 Å². The van der Waals surface area contributed by atoms with Crippen LogP contribution in [-0.4, -0.2) is 57.8 Å². The van der Waals surface area contributed by atoms with Crippen LogP contribution in [0.2, 0.25) is 0 Å². The van der Waals surface area contributed by atoms with Gasteiger partial charge in [0.05, 0.1) is 30.3 Å². The fourth-order valence-corrected chi connectivity index (χ4v) is 2.22. The van der Waals surface area contributed by atoms with Gasteiger partial charge in [0.15, 0.2) is 0 Å². The van der Waals surface area contributed by atoms with E-state index in [4.69, 9.17) is 9.84 Å². The third-order valence-corrected chi connectivity index (χ3v) is 3.38. The van der Waals surface area contributed by atoms with Crippen LogP contribution in [0, 0.1) is 10.1 Å². The summed E-state index contributed by atoms with van der Waals surface area (Å²) in [7, 11) is 0. The highest BCUT2D eigenvalue weighted by Crippen LogP contribution is 2.26. The Labute approximate surface area is 120 Å². The largest absolute Gasteiger partial charge is 0.508 e. The zero-order valence-corrected chi connectivity index (χ0v) is 11.4. The molecule has 21 heavy (non-hydrogen) atoms. The van der Waals surface area contributed by atoms with E-state index in [2.05, 4.69) is 0 Å². The van der Waals surface area contributed by atoms with Crippen LogP contribution < -0.4 is 0 Å². The molecule has 8 nitrogen and oxygen atoms in total. The molecule has 2 N–H and O–H groups in total. The van der Waals surface area contributed by atoms with Crippen molar-refractivity contribution in [1.29, 1.82) is 0 Å². The van der Waals surface area contributed by atoms with E-state index in [-0.39, 0.29) is 42.8 Å². The average Bonchev–Trinajstić information content (AvgIpc) is 2.46. The molecule has 114 valence electrons. The normalized spacial score (nSPS) is 22.1. The lowest BCUT2D eigenvalue weighted by Gasteiger charge is -2.37. The molecule has 2 rings (SSSR count). The number of rotatable bonds is 3. The van der Waals surface area contributed by atoms with Gasteiger partial charge in [-0.05, 0) is 19.1 Å². The number of nitro benzene ring substituents is 1. The number of benzene rings is 1. The Kier molecular flexibility index (Phi) is 4.39. The van der Waals surface area contributed by atoms with E-state index in [0.29, 0.717) is 0 Å². The van der Waals surface area contributed by atoms with Crippen molar-refractivity contribution in [3.8, 4) is 5.75 Å². The summed E-state index contributed by atoms with van der Waals surface area (Å²) in [5, 5.41) is 29.6. The topological polar surface area (TPSA) is 113 Å².